The van der Waals surface area contributed by atoms with E-state index in [1.807, 2.05) is 91.0 Å². The number of carbonyl (C=O) groups is 1. The fourth-order valence-electron chi connectivity index (χ4n) is 2.76. The van der Waals surface area contributed by atoms with Gasteiger partial charge in [0.05, 0.1) is 12.3 Å². The van der Waals surface area contributed by atoms with Crippen LogP contribution in [0.15, 0.2) is 97.1 Å². The minimum atomic E-state index is -0.358. The quantitative estimate of drug-likeness (QED) is 0.441. The molecule has 0 saturated carbocycles. The van der Waals surface area contributed by atoms with E-state index in [4.69, 9.17) is 4.74 Å². The van der Waals surface area contributed by atoms with Gasteiger partial charge in [-0.15, -0.1) is 0 Å². The lowest BCUT2D eigenvalue weighted by atomic mass is 10.1. The molecule has 0 spiro atoms. The minimum absolute atomic E-state index is 0.341. The number of nitrogens with zero attached hydrogens (tertiary/aromatic N) is 1. The predicted octanol–water partition coefficient (Wildman–Crippen LogP) is 5.43. The van der Waals surface area contributed by atoms with Crippen LogP contribution in [0, 0.1) is 0 Å². The van der Waals surface area contributed by atoms with E-state index >= 15 is 0 Å². The monoisotopic (exact) mass is 343 g/mol. The van der Waals surface area contributed by atoms with Crippen molar-refractivity contribution in [1.29, 1.82) is 0 Å². The summed E-state index contributed by atoms with van der Waals surface area (Å²) in [5.41, 5.74) is 3.64. The first-order chi connectivity index (χ1) is 12.8. The molecule has 0 aromatic heterocycles. The number of rotatable bonds is 6. The van der Waals surface area contributed by atoms with Crippen LogP contribution in [0.2, 0.25) is 0 Å². The molecule has 0 saturated heterocycles. The van der Waals surface area contributed by atoms with Crippen molar-refractivity contribution in [3.63, 3.8) is 0 Å². The van der Waals surface area contributed by atoms with Crippen LogP contribution in [0.5, 0.6) is 0 Å². The first-order valence-electron chi connectivity index (χ1n) is 8.63. The van der Waals surface area contributed by atoms with Crippen LogP contribution in [0.3, 0.4) is 0 Å². The Morgan fingerprint density at radius 2 is 1.27 bits per heavy atom. The molecule has 3 nitrogen and oxygen atoms in total. The Balaban J connectivity index is 2.17. The normalized spacial score (nSPS) is 11.0. The van der Waals surface area contributed by atoms with Crippen LogP contribution in [0.1, 0.15) is 12.5 Å². The Kier molecular flexibility index (Phi) is 5.84. The van der Waals surface area contributed by atoms with Crippen LogP contribution >= 0.6 is 0 Å². The van der Waals surface area contributed by atoms with Crippen LogP contribution < -0.4 is 4.90 Å². The Morgan fingerprint density at radius 1 is 0.808 bits per heavy atom. The molecule has 0 aliphatic heterocycles. The van der Waals surface area contributed by atoms with Gasteiger partial charge in [-0.1, -0.05) is 66.7 Å². The maximum Gasteiger partial charge on any atom is 0.332 e. The van der Waals surface area contributed by atoms with Crippen LogP contribution in [-0.2, 0) is 9.53 Å². The molecule has 3 heteroatoms. The highest BCUT2D eigenvalue weighted by Crippen LogP contribution is 2.34. The molecule has 0 heterocycles. The third kappa shape index (κ3) is 4.19. The number of hydrogen-bond acceptors (Lipinski definition) is 3. The van der Waals surface area contributed by atoms with Gasteiger partial charge in [-0.3, -0.25) is 0 Å². The lowest BCUT2D eigenvalue weighted by Gasteiger charge is -2.28. The van der Waals surface area contributed by atoms with E-state index in [1.165, 1.54) is 0 Å². The Labute approximate surface area is 154 Å². The molecule has 0 N–H and O–H groups in total. The summed E-state index contributed by atoms with van der Waals surface area (Å²) in [6, 6.07) is 29.8. The summed E-state index contributed by atoms with van der Waals surface area (Å²) >= 11 is 0. The second-order valence-corrected chi connectivity index (χ2v) is 5.65. The van der Waals surface area contributed by atoms with Crippen molar-refractivity contribution in [2.24, 2.45) is 0 Å². The van der Waals surface area contributed by atoms with E-state index in [2.05, 4.69) is 4.90 Å². The second-order valence-electron chi connectivity index (χ2n) is 5.65. The smallest absolute Gasteiger partial charge is 0.332 e. The van der Waals surface area contributed by atoms with Gasteiger partial charge in [0.1, 0.15) is 0 Å². The first kappa shape index (κ1) is 17.5. The number of para-hydroxylation sites is 2. The van der Waals surface area contributed by atoms with E-state index in [0.717, 1.165) is 22.6 Å². The highest BCUT2D eigenvalue weighted by atomic mass is 16.5. The largest absolute Gasteiger partial charge is 0.463 e. The molecular weight excluding hydrogens is 322 g/mol. The number of benzene rings is 3. The van der Waals surface area contributed by atoms with Gasteiger partial charge < -0.3 is 9.64 Å². The highest BCUT2D eigenvalue weighted by molar-refractivity contribution is 5.98. The lowest BCUT2D eigenvalue weighted by molar-refractivity contribution is -0.137. The van der Waals surface area contributed by atoms with E-state index < -0.39 is 0 Å². The summed E-state index contributed by atoms with van der Waals surface area (Å²) in [4.78, 5) is 14.3. The molecule has 3 rings (SSSR count). The van der Waals surface area contributed by atoms with E-state index in [9.17, 15) is 4.79 Å². The number of ether oxygens (including phenoxy) is 1. The standard InChI is InChI=1S/C23H21NO2/c1-2-26-23(25)18-22(19-12-6-3-7-13-19)24(20-14-8-4-9-15-20)21-16-10-5-11-17-21/h3-18H,2H2,1H3/b22-18+. The molecule has 0 aliphatic rings. The predicted molar refractivity (Wildman–Crippen MR) is 106 cm³/mol. The van der Waals surface area contributed by atoms with Gasteiger partial charge in [-0.2, -0.15) is 0 Å². The molecule has 0 unspecified atom stereocenters. The van der Waals surface area contributed by atoms with Crippen molar-refractivity contribution in [2.75, 3.05) is 11.5 Å². The minimum Gasteiger partial charge on any atom is -0.463 e. The summed E-state index contributed by atoms with van der Waals surface area (Å²) in [6.45, 7) is 2.15. The Hall–Kier alpha value is -3.33. The average Bonchev–Trinajstić information content (AvgIpc) is 2.70. The summed E-state index contributed by atoms with van der Waals surface area (Å²) in [5.74, 6) is -0.358. The maximum atomic E-state index is 12.3. The van der Waals surface area contributed by atoms with Crippen molar-refractivity contribution in [2.45, 2.75) is 6.92 Å². The van der Waals surface area contributed by atoms with Gasteiger partial charge >= 0.3 is 5.97 Å². The Morgan fingerprint density at radius 3 is 1.73 bits per heavy atom. The van der Waals surface area contributed by atoms with E-state index in [1.54, 1.807) is 13.0 Å². The molecule has 0 bridgehead atoms. The number of carbonyl (C=O) groups excluding carboxylic acids is 1. The third-order valence-electron chi connectivity index (χ3n) is 3.88. The average molecular weight is 343 g/mol. The molecule has 0 aliphatic carbocycles. The molecule has 3 aromatic rings. The molecule has 0 radical (unpaired) electrons. The van der Waals surface area contributed by atoms with Gasteiger partial charge in [-0.05, 0) is 36.8 Å². The van der Waals surface area contributed by atoms with Gasteiger partial charge in [0.15, 0.2) is 0 Å². The zero-order valence-electron chi connectivity index (χ0n) is 14.7. The fourth-order valence-corrected chi connectivity index (χ4v) is 2.76. The number of anilines is 2. The summed E-state index contributed by atoms with van der Waals surface area (Å²) in [5, 5.41) is 0. The summed E-state index contributed by atoms with van der Waals surface area (Å²) in [7, 11) is 0. The topological polar surface area (TPSA) is 29.5 Å². The molecule has 130 valence electrons. The van der Waals surface area contributed by atoms with Crippen molar-refractivity contribution >= 4 is 23.0 Å². The number of hydrogen-bond donors (Lipinski definition) is 0. The first-order valence-corrected chi connectivity index (χ1v) is 8.63. The van der Waals surface area contributed by atoms with Gasteiger partial charge in [-0.25, -0.2) is 4.79 Å². The SMILES string of the molecule is CCOC(=O)/C=C(\c1ccccc1)N(c1ccccc1)c1ccccc1. The zero-order chi connectivity index (χ0) is 18.2. The van der Waals surface area contributed by atoms with Gasteiger partial charge in [0, 0.05) is 17.5 Å². The van der Waals surface area contributed by atoms with Crippen molar-refractivity contribution < 1.29 is 9.53 Å². The summed E-state index contributed by atoms with van der Waals surface area (Å²) in [6.07, 6.45) is 1.55. The third-order valence-corrected chi connectivity index (χ3v) is 3.88. The van der Waals surface area contributed by atoms with Crippen LogP contribution in [-0.4, -0.2) is 12.6 Å². The molecule has 26 heavy (non-hydrogen) atoms. The summed E-state index contributed by atoms with van der Waals surface area (Å²) < 4.78 is 5.17. The zero-order valence-corrected chi connectivity index (χ0v) is 14.7. The van der Waals surface area contributed by atoms with Gasteiger partial charge in [0.2, 0.25) is 0 Å². The van der Waals surface area contributed by atoms with Gasteiger partial charge in [0.25, 0.3) is 0 Å². The molecule has 0 amide bonds. The highest BCUT2D eigenvalue weighted by Gasteiger charge is 2.17. The lowest BCUT2D eigenvalue weighted by Crippen LogP contribution is -2.17. The molecule has 0 atom stereocenters. The van der Waals surface area contributed by atoms with Crippen molar-refractivity contribution in [3.8, 4) is 0 Å². The van der Waals surface area contributed by atoms with Crippen molar-refractivity contribution in [1.82, 2.24) is 0 Å². The van der Waals surface area contributed by atoms with E-state index in [0.29, 0.717) is 6.61 Å². The number of esters is 1. The molecule has 0 fully saturated rings. The van der Waals surface area contributed by atoms with Crippen molar-refractivity contribution in [3.05, 3.63) is 103 Å². The maximum absolute atomic E-state index is 12.3. The molecular formula is C23H21NO2. The van der Waals surface area contributed by atoms with Crippen LogP contribution in [0.25, 0.3) is 5.70 Å². The van der Waals surface area contributed by atoms with Crippen LogP contribution in [0.4, 0.5) is 11.4 Å². The van der Waals surface area contributed by atoms with E-state index in [-0.39, 0.29) is 5.97 Å². The fraction of sp³-hybridized carbons (Fsp3) is 0.0870. The second kappa shape index (κ2) is 8.67. The molecule has 3 aromatic carbocycles. The Bertz CT molecular complexity index is 819.